The number of nitrogens with zero attached hydrogens (tertiary/aromatic N) is 5. The molecule has 0 amide bonds. The molecule has 4 heterocycles. The number of alkyl halides is 1. The second-order valence-corrected chi connectivity index (χ2v) is 8.00. The molecule has 1 atom stereocenters. The number of hydrogen-bond donors (Lipinski definition) is 1. The first-order valence-corrected chi connectivity index (χ1v) is 9.27. The van der Waals surface area contributed by atoms with Gasteiger partial charge in [0.05, 0.1) is 35.4 Å². The Bertz CT molecular complexity index is 984. The van der Waals surface area contributed by atoms with Gasteiger partial charge in [0.1, 0.15) is 17.5 Å². The molecule has 1 fully saturated rings. The van der Waals surface area contributed by atoms with Crippen molar-refractivity contribution in [1.82, 2.24) is 19.7 Å². The van der Waals surface area contributed by atoms with E-state index in [-0.39, 0.29) is 0 Å². The molecule has 0 bridgehead atoms. The summed E-state index contributed by atoms with van der Waals surface area (Å²) in [6.45, 7) is 4.81. The zero-order chi connectivity index (χ0) is 19.2. The first-order valence-electron chi connectivity index (χ1n) is 8.90. The van der Waals surface area contributed by atoms with E-state index in [1.165, 1.54) is 0 Å². The molecular formula is C19H21ClFN5O. The molecule has 0 aliphatic carbocycles. The van der Waals surface area contributed by atoms with Crippen LogP contribution in [0.4, 0.5) is 10.2 Å². The van der Waals surface area contributed by atoms with E-state index in [0.717, 1.165) is 16.9 Å². The highest BCUT2D eigenvalue weighted by molar-refractivity contribution is 6.34. The third kappa shape index (κ3) is 3.75. The Labute approximate surface area is 161 Å². The van der Waals surface area contributed by atoms with Crippen LogP contribution in [0.2, 0.25) is 5.02 Å². The predicted molar refractivity (Wildman–Crippen MR) is 104 cm³/mol. The van der Waals surface area contributed by atoms with Crippen LogP contribution in [0.25, 0.3) is 22.2 Å². The van der Waals surface area contributed by atoms with E-state index in [9.17, 15) is 9.50 Å². The molecule has 0 radical (unpaired) electrons. The maximum absolute atomic E-state index is 13.6. The summed E-state index contributed by atoms with van der Waals surface area (Å²) < 4.78 is 15.3. The molecule has 8 heteroatoms. The zero-order valence-electron chi connectivity index (χ0n) is 15.2. The van der Waals surface area contributed by atoms with Gasteiger partial charge < -0.3 is 10.0 Å². The number of aliphatic hydroxyl groups is 1. The van der Waals surface area contributed by atoms with Crippen molar-refractivity contribution in [2.24, 2.45) is 0 Å². The fourth-order valence-electron chi connectivity index (χ4n) is 3.39. The van der Waals surface area contributed by atoms with Crippen LogP contribution < -0.4 is 4.90 Å². The highest BCUT2D eigenvalue weighted by atomic mass is 35.5. The molecule has 0 spiro atoms. The predicted octanol–water partition coefficient (Wildman–Crippen LogP) is 3.47. The van der Waals surface area contributed by atoms with Gasteiger partial charge in [-0.25, -0.2) is 9.37 Å². The summed E-state index contributed by atoms with van der Waals surface area (Å²) in [7, 11) is 0. The lowest BCUT2D eigenvalue weighted by molar-refractivity contribution is 0.0577. The van der Waals surface area contributed by atoms with Crippen molar-refractivity contribution < 1.29 is 9.50 Å². The molecule has 1 aliphatic heterocycles. The van der Waals surface area contributed by atoms with E-state index in [1.54, 1.807) is 30.9 Å². The summed E-state index contributed by atoms with van der Waals surface area (Å²) in [5.41, 5.74) is 2.03. The minimum Gasteiger partial charge on any atom is -0.389 e. The quantitative estimate of drug-likeness (QED) is 0.740. The lowest BCUT2D eigenvalue weighted by atomic mass is 10.1. The van der Waals surface area contributed by atoms with Crippen molar-refractivity contribution in [1.29, 1.82) is 0 Å². The van der Waals surface area contributed by atoms with Gasteiger partial charge in [0.2, 0.25) is 0 Å². The van der Waals surface area contributed by atoms with E-state index >= 15 is 0 Å². The minimum absolute atomic E-state index is 0.353. The number of halogens is 2. The second kappa shape index (κ2) is 6.73. The summed E-state index contributed by atoms with van der Waals surface area (Å²) in [6.07, 6.45) is 4.83. The molecule has 3 aromatic heterocycles. The van der Waals surface area contributed by atoms with Gasteiger partial charge in [0.15, 0.2) is 0 Å². The molecule has 0 saturated carbocycles. The number of anilines is 1. The lowest BCUT2D eigenvalue weighted by Gasteiger charge is -2.17. The summed E-state index contributed by atoms with van der Waals surface area (Å²) >= 11 is 6.45. The van der Waals surface area contributed by atoms with Crippen molar-refractivity contribution in [3.05, 3.63) is 35.7 Å². The number of hydrogen-bond acceptors (Lipinski definition) is 5. The fourth-order valence-corrected chi connectivity index (χ4v) is 3.63. The van der Waals surface area contributed by atoms with Gasteiger partial charge in [-0.3, -0.25) is 9.67 Å². The van der Waals surface area contributed by atoms with Crippen LogP contribution in [0, 0.1) is 0 Å². The molecule has 27 heavy (non-hydrogen) atoms. The van der Waals surface area contributed by atoms with Crippen LogP contribution in [0.1, 0.15) is 20.3 Å². The Morgan fingerprint density at radius 3 is 2.85 bits per heavy atom. The lowest BCUT2D eigenvalue weighted by Crippen LogP contribution is -2.26. The number of pyridine rings is 2. The van der Waals surface area contributed by atoms with Gasteiger partial charge in [-0.05, 0) is 32.4 Å². The normalized spacial score (nSPS) is 17.8. The Balaban J connectivity index is 1.78. The summed E-state index contributed by atoms with van der Waals surface area (Å²) in [6, 6.07) is 3.74. The molecule has 3 aromatic rings. The first kappa shape index (κ1) is 18.1. The van der Waals surface area contributed by atoms with Crippen LogP contribution in [0.3, 0.4) is 0 Å². The highest BCUT2D eigenvalue weighted by Crippen LogP contribution is 2.34. The van der Waals surface area contributed by atoms with Crippen LogP contribution in [-0.2, 0) is 6.54 Å². The average Bonchev–Trinajstić information content (AvgIpc) is 3.22. The van der Waals surface area contributed by atoms with Crippen molar-refractivity contribution in [2.75, 3.05) is 18.0 Å². The van der Waals surface area contributed by atoms with Crippen LogP contribution in [0.5, 0.6) is 0 Å². The molecule has 1 N–H and O–H groups in total. The topological polar surface area (TPSA) is 67.1 Å². The Hall–Kier alpha value is -2.25. The van der Waals surface area contributed by atoms with E-state index in [2.05, 4.69) is 10.1 Å². The number of fused-ring (bicyclic) bond motifs is 1. The molecule has 4 rings (SSSR count). The second-order valence-electron chi connectivity index (χ2n) is 7.59. The highest BCUT2D eigenvalue weighted by Gasteiger charge is 2.24. The smallest absolute Gasteiger partial charge is 0.129 e. The van der Waals surface area contributed by atoms with Crippen molar-refractivity contribution in [2.45, 2.75) is 38.6 Å². The third-order valence-electron chi connectivity index (χ3n) is 4.58. The van der Waals surface area contributed by atoms with Gasteiger partial charge in [-0.1, -0.05) is 11.6 Å². The zero-order valence-corrected chi connectivity index (χ0v) is 16.0. The monoisotopic (exact) mass is 389 g/mol. The van der Waals surface area contributed by atoms with E-state index in [0.29, 0.717) is 42.1 Å². The van der Waals surface area contributed by atoms with Crippen molar-refractivity contribution >= 4 is 28.5 Å². The molecule has 1 aliphatic rings. The number of rotatable bonds is 4. The van der Waals surface area contributed by atoms with E-state index < -0.39 is 11.8 Å². The molecule has 1 saturated heterocycles. The Morgan fingerprint density at radius 2 is 2.15 bits per heavy atom. The fraction of sp³-hybridized carbons (Fsp3) is 0.421. The average molecular weight is 390 g/mol. The van der Waals surface area contributed by atoms with Crippen LogP contribution in [-0.4, -0.2) is 49.7 Å². The largest absolute Gasteiger partial charge is 0.389 e. The SMILES string of the molecule is CC(C)(O)Cn1cc(-c2c(Cl)cnc3ccc(N4CCC(F)C4)nc23)cn1. The molecule has 6 nitrogen and oxygen atoms in total. The van der Waals surface area contributed by atoms with Gasteiger partial charge >= 0.3 is 0 Å². The van der Waals surface area contributed by atoms with Crippen LogP contribution in [0.15, 0.2) is 30.7 Å². The van der Waals surface area contributed by atoms with Gasteiger partial charge in [-0.2, -0.15) is 5.10 Å². The Morgan fingerprint density at radius 1 is 1.33 bits per heavy atom. The van der Waals surface area contributed by atoms with E-state index in [4.69, 9.17) is 16.6 Å². The minimum atomic E-state index is -0.878. The Kier molecular flexibility index (Phi) is 4.52. The molecular weight excluding hydrogens is 369 g/mol. The third-order valence-corrected chi connectivity index (χ3v) is 4.86. The van der Waals surface area contributed by atoms with Crippen molar-refractivity contribution in [3.63, 3.8) is 0 Å². The molecule has 1 unspecified atom stereocenters. The first-order chi connectivity index (χ1) is 12.8. The summed E-state index contributed by atoms with van der Waals surface area (Å²) in [5, 5.41) is 14.8. The van der Waals surface area contributed by atoms with Crippen molar-refractivity contribution in [3.8, 4) is 11.1 Å². The maximum Gasteiger partial charge on any atom is 0.129 e. The van der Waals surface area contributed by atoms with Gasteiger partial charge in [0.25, 0.3) is 0 Å². The molecule has 0 aromatic carbocycles. The summed E-state index contributed by atoms with van der Waals surface area (Å²) in [4.78, 5) is 11.0. The maximum atomic E-state index is 13.6. The standard InChI is InChI=1S/C19H21ClFN5O/c1-19(2,27)11-26-9-12(7-23-26)17-14(20)8-22-15-3-4-16(24-18(15)17)25-6-5-13(21)10-25/h3-4,7-9,13,27H,5-6,10-11H2,1-2H3. The summed E-state index contributed by atoms with van der Waals surface area (Å²) in [5.74, 6) is 0.719. The van der Waals surface area contributed by atoms with Gasteiger partial charge in [-0.15, -0.1) is 0 Å². The number of aromatic nitrogens is 4. The van der Waals surface area contributed by atoms with E-state index in [1.807, 2.05) is 23.2 Å². The van der Waals surface area contributed by atoms with Crippen LogP contribution >= 0.6 is 11.6 Å². The molecule has 142 valence electrons. The van der Waals surface area contributed by atoms with Gasteiger partial charge in [0, 0.05) is 30.1 Å².